The number of hydrogen-bond donors (Lipinski definition) is 3. The van der Waals surface area contributed by atoms with Crippen LogP contribution in [0.4, 0.5) is 0 Å². The molecular weight excluding hydrogens is 302 g/mol. The molecule has 0 radical (unpaired) electrons. The SMILES string of the molecule is Cc1c(C(C)(C)C)cc(C(C)(C)C)c(O)c1CN(CCO)CCO. The van der Waals surface area contributed by atoms with Crippen LogP contribution in [0.2, 0.25) is 0 Å². The Kier molecular flexibility index (Phi) is 6.85. The van der Waals surface area contributed by atoms with Crippen LogP contribution in [0.1, 0.15) is 63.8 Å². The molecule has 0 unspecified atom stereocenters. The second-order valence-corrected chi connectivity index (χ2v) is 8.65. The van der Waals surface area contributed by atoms with Gasteiger partial charge in [-0.15, -0.1) is 0 Å². The fourth-order valence-electron chi connectivity index (χ4n) is 3.14. The fourth-order valence-corrected chi connectivity index (χ4v) is 3.14. The number of phenolic OH excluding ortho intramolecular Hbond substituents is 1. The van der Waals surface area contributed by atoms with E-state index in [-0.39, 0.29) is 24.0 Å². The Hall–Kier alpha value is -1.10. The maximum atomic E-state index is 10.9. The van der Waals surface area contributed by atoms with Gasteiger partial charge in [0.15, 0.2) is 0 Å². The Labute approximate surface area is 147 Å². The zero-order chi connectivity index (χ0) is 18.7. The van der Waals surface area contributed by atoms with Crippen molar-refractivity contribution in [1.82, 2.24) is 4.90 Å². The highest BCUT2D eigenvalue weighted by Crippen LogP contribution is 2.40. The van der Waals surface area contributed by atoms with Gasteiger partial charge in [-0.25, -0.2) is 0 Å². The summed E-state index contributed by atoms with van der Waals surface area (Å²) < 4.78 is 0. The van der Waals surface area contributed by atoms with Gasteiger partial charge in [0, 0.05) is 25.2 Å². The molecule has 4 heteroatoms. The van der Waals surface area contributed by atoms with E-state index in [1.807, 2.05) is 4.90 Å². The predicted octanol–water partition coefficient (Wildman–Crippen LogP) is 3.08. The maximum Gasteiger partial charge on any atom is 0.124 e. The van der Waals surface area contributed by atoms with Crippen molar-refractivity contribution in [3.05, 3.63) is 28.3 Å². The van der Waals surface area contributed by atoms with Crippen molar-refractivity contribution in [2.24, 2.45) is 0 Å². The predicted molar refractivity (Wildman–Crippen MR) is 99.7 cm³/mol. The molecule has 138 valence electrons. The van der Waals surface area contributed by atoms with Crippen molar-refractivity contribution in [2.45, 2.75) is 65.8 Å². The first-order valence-electron chi connectivity index (χ1n) is 8.74. The summed E-state index contributed by atoms with van der Waals surface area (Å²) >= 11 is 0. The van der Waals surface area contributed by atoms with Crippen LogP contribution in [0.5, 0.6) is 5.75 Å². The lowest BCUT2D eigenvalue weighted by atomic mass is 9.76. The normalized spacial score (nSPS) is 12.9. The summed E-state index contributed by atoms with van der Waals surface area (Å²) in [5.74, 6) is 0.342. The van der Waals surface area contributed by atoms with Gasteiger partial charge < -0.3 is 15.3 Å². The van der Waals surface area contributed by atoms with Crippen molar-refractivity contribution in [1.29, 1.82) is 0 Å². The number of hydrogen-bond acceptors (Lipinski definition) is 4. The van der Waals surface area contributed by atoms with Gasteiger partial charge in [0.2, 0.25) is 0 Å². The lowest BCUT2D eigenvalue weighted by Gasteiger charge is -2.31. The quantitative estimate of drug-likeness (QED) is 0.746. The molecule has 0 saturated carbocycles. The molecule has 0 bridgehead atoms. The van der Waals surface area contributed by atoms with Gasteiger partial charge in [-0.1, -0.05) is 47.6 Å². The van der Waals surface area contributed by atoms with E-state index in [1.54, 1.807) is 0 Å². The first-order valence-corrected chi connectivity index (χ1v) is 8.74. The number of aliphatic hydroxyl groups is 2. The number of benzene rings is 1. The van der Waals surface area contributed by atoms with E-state index < -0.39 is 0 Å². The number of phenols is 1. The number of aromatic hydroxyl groups is 1. The average molecular weight is 338 g/mol. The topological polar surface area (TPSA) is 63.9 Å². The Balaban J connectivity index is 3.51. The van der Waals surface area contributed by atoms with Gasteiger partial charge in [0.05, 0.1) is 13.2 Å². The lowest BCUT2D eigenvalue weighted by molar-refractivity contribution is 0.154. The van der Waals surface area contributed by atoms with E-state index in [2.05, 4.69) is 54.5 Å². The molecule has 0 aliphatic heterocycles. The largest absolute Gasteiger partial charge is 0.507 e. The minimum Gasteiger partial charge on any atom is -0.507 e. The summed E-state index contributed by atoms with van der Waals surface area (Å²) in [5.41, 5.74) is 3.98. The maximum absolute atomic E-state index is 10.9. The minimum absolute atomic E-state index is 0.0225. The smallest absolute Gasteiger partial charge is 0.124 e. The van der Waals surface area contributed by atoms with E-state index in [0.717, 1.165) is 16.7 Å². The van der Waals surface area contributed by atoms with Crippen LogP contribution in [0.25, 0.3) is 0 Å². The third-order valence-electron chi connectivity index (χ3n) is 4.52. The van der Waals surface area contributed by atoms with Crippen LogP contribution in [-0.4, -0.2) is 46.5 Å². The third-order valence-corrected chi connectivity index (χ3v) is 4.52. The molecule has 0 atom stereocenters. The van der Waals surface area contributed by atoms with Crippen LogP contribution in [0.3, 0.4) is 0 Å². The van der Waals surface area contributed by atoms with Crippen LogP contribution in [0, 0.1) is 6.92 Å². The van der Waals surface area contributed by atoms with Gasteiger partial charge in [0.1, 0.15) is 5.75 Å². The molecule has 0 fully saturated rings. The van der Waals surface area contributed by atoms with Crippen LogP contribution in [0.15, 0.2) is 6.07 Å². The van der Waals surface area contributed by atoms with Crippen molar-refractivity contribution in [3.63, 3.8) is 0 Å². The number of aliphatic hydroxyl groups excluding tert-OH is 2. The van der Waals surface area contributed by atoms with Crippen LogP contribution >= 0.6 is 0 Å². The van der Waals surface area contributed by atoms with Gasteiger partial charge in [-0.05, 0) is 34.4 Å². The summed E-state index contributed by atoms with van der Waals surface area (Å²) in [7, 11) is 0. The highest BCUT2D eigenvalue weighted by atomic mass is 16.3. The Morgan fingerprint density at radius 1 is 0.875 bits per heavy atom. The summed E-state index contributed by atoms with van der Waals surface area (Å²) in [6, 6.07) is 2.14. The van der Waals surface area contributed by atoms with Gasteiger partial charge in [-0.3, -0.25) is 4.90 Å². The van der Waals surface area contributed by atoms with E-state index in [9.17, 15) is 15.3 Å². The first kappa shape index (κ1) is 20.9. The summed E-state index contributed by atoms with van der Waals surface area (Å²) in [4.78, 5) is 1.97. The van der Waals surface area contributed by atoms with Crippen LogP contribution < -0.4 is 0 Å². The van der Waals surface area contributed by atoms with Gasteiger partial charge >= 0.3 is 0 Å². The zero-order valence-electron chi connectivity index (χ0n) is 16.4. The third kappa shape index (κ3) is 4.95. The Bertz CT molecular complexity index is 509. The van der Waals surface area contributed by atoms with Crippen molar-refractivity contribution in [3.8, 4) is 5.75 Å². The highest BCUT2D eigenvalue weighted by molar-refractivity contribution is 5.53. The first-order chi connectivity index (χ1) is 10.9. The molecule has 0 spiro atoms. The average Bonchev–Trinajstić information content (AvgIpc) is 2.40. The second kappa shape index (κ2) is 7.85. The molecule has 1 aromatic carbocycles. The van der Waals surface area contributed by atoms with Gasteiger partial charge in [0.25, 0.3) is 0 Å². The highest BCUT2D eigenvalue weighted by Gasteiger charge is 2.28. The van der Waals surface area contributed by atoms with Crippen molar-refractivity contribution < 1.29 is 15.3 Å². The van der Waals surface area contributed by atoms with E-state index in [1.165, 1.54) is 5.56 Å². The molecule has 0 heterocycles. The van der Waals surface area contributed by atoms with E-state index in [0.29, 0.717) is 25.4 Å². The summed E-state index contributed by atoms with van der Waals surface area (Å²) in [5, 5.41) is 29.5. The molecule has 0 saturated heterocycles. The summed E-state index contributed by atoms with van der Waals surface area (Å²) in [6.45, 7) is 16.5. The number of nitrogens with zero attached hydrogens (tertiary/aromatic N) is 1. The second-order valence-electron chi connectivity index (χ2n) is 8.65. The van der Waals surface area contributed by atoms with Crippen molar-refractivity contribution in [2.75, 3.05) is 26.3 Å². The molecule has 0 aliphatic carbocycles. The standard InChI is InChI=1S/C20H35NO3/c1-14-15(13-21(8-10-22)9-11-23)18(24)17(20(5,6)7)12-16(14)19(2,3)4/h12,22-24H,8-11,13H2,1-7H3. The molecule has 3 N–H and O–H groups in total. The van der Waals surface area contributed by atoms with E-state index in [4.69, 9.17) is 0 Å². The molecular formula is C20H35NO3. The molecule has 0 aliphatic rings. The zero-order valence-corrected chi connectivity index (χ0v) is 16.4. The van der Waals surface area contributed by atoms with Crippen LogP contribution in [-0.2, 0) is 17.4 Å². The minimum atomic E-state index is -0.161. The Morgan fingerprint density at radius 3 is 1.71 bits per heavy atom. The monoisotopic (exact) mass is 337 g/mol. The molecule has 1 rings (SSSR count). The molecule has 24 heavy (non-hydrogen) atoms. The fraction of sp³-hybridized carbons (Fsp3) is 0.700. The van der Waals surface area contributed by atoms with E-state index >= 15 is 0 Å². The molecule has 0 aromatic heterocycles. The summed E-state index contributed by atoms with van der Waals surface area (Å²) in [6.07, 6.45) is 0. The lowest BCUT2D eigenvalue weighted by Crippen LogP contribution is -2.30. The number of rotatable bonds is 6. The Morgan fingerprint density at radius 2 is 1.33 bits per heavy atom. The van der Waals surface area contributed by atoms with Crippen molar-refractivity contribution >= 4 is 0 Å². The molecule has 4 nitrogen and oxygen atoms in total. The molecule has 1 aromatic rings. The van der Waals surface area contributed by atoms with Gasteiger partial charge in [-0.2, -0.15) is 0 Å². The molecule has 0 amide bonds.